The normalized spacial score (nSPS) is 11.7. The van der Waals surface area contributed by atoms with Crippen LogP contribution >= 0.6 is 22.9 Å². The molecular formula is C15H10ClF3N2O2S. The number of aromatic nitrogens is 1. The summed E-state index contributed by atoms with van der Waals surface area (Å²) in [6, 6.07) is 3.32. The van der Waals surface area contributed by atoms with Gasteiger partial charge in [0.15, 0.2) is 10.9 Å². The van der Waals surface area contributed by atoms with Gasteiger partial charge in [-0.25, -0.2) is 4.98 Å². The summed E-state index contributed by atoms with van der Waals surface area (Å²) in [4.78, 5) is 26.8. The maximum absolute atomic E-state index is 12.8. The van der Waals surface area contributed by atoms with Crippen molar-refractivity contribution in [3.05, 3.63) is 51.5 Å². The van der Waals surface area contributed by atoms with Crippen molar-refractivity contribution in [1.82, 2.24) is 4.98 Å². The second kappa shape index (κ2) is 7.14. The average Bonchev–Trinajstić information content (AvgIpc) is 2.94. The number of carbonyl (C=O) groups is 2. The van der Waals surface area contributed by atoms with E-state index in [1.807, 2.05) is 0 Å². The number of hydrogen-bond donors (Lipinski definition) is 1. The van der Waals surface area contributed by atoms with Crippen LogP contribution in [0.5, 0.6) is 0 Å². The van der Waals surface area contributed by atoms with E-state index >= 15 is 0 Å². The van der Waals surface area contributed by atoms with Gasteiger partial charge in [0.05, 0.1) is 10.6 Å². The van der Waals surface area contributed by atoms with Crippen LogP contribution in [0, 0.1) is 0 Å². The molecule has 1 amide bonds. The molecule has 0 radical (unpaired) electrons. The molecule has 2 rings (SSSR count). The van der Waals surface area contributed by atoms with Crippen LogP contribution in [0.3, 0.4) is 0 Å². The van der Waals surface area contributed by atoms with E-state index in [4.69, 9.17) is 11.6 Å². The highest BCUT2D eigenvalue weighted by Crippen LogP contribution is 2.35. The predicted octanol–water partition coefficient (Wildman–Crippen LogP) is 4.67. The Balaban J connectivity index is 2.09. The first-order valence-corrected chi connectivity index (χ1v) is 7.75. The number of carbonyl (C=O) groups excluding carboxylic acids is 2. The number of anilines is 1. The minimum Gasteiger partial charge on any atom is -0.298 e. The summed E-state index contributed by atoms with van der Waals surface area (Å²) in [5, 5.41) is 3.73. The molecule has 24 heavy (non-hydrogen) atoms. The lowest BCUT2D eigenvalue weighted by molar-refractivity contribution is -0.137. The molecule has 1 aromatic carbocycles. The number of alkyl halides is 3. The maximum atomic E-state index is 12.8. The van der Waals surface area contributed by atoms with Crippen LogP contribution in [0.1, 0.15) is 28.5 Å². The van der Waals surface area contributed by atoms with Gasteiger partial charge < -0.3 is 0 Å². The lowest BCUT2D eigenvalue weighted by Crippen LogP contribution is -2.08. The van der Waals surface area contributed by atoms with Gasteiger partial charge in [0.2, 0.25) is 5.91 Å². The van der Waals surface area contributed by atoms with Gasteiger partial charge in [-0.05, 0) is 23.8 Å². The van der Waals surface area contributed by atoms with E-state index in [1.54, 1.807) is 0 Å². The summed E-state index contributed by atoms with van der Waals surface area (Å²) in [6.07, 6.45) is -2.29. The fourth-order valence-corrected chi connectivity index (χ4v) is 2.65. The third-order valence-electron chi connectivity index (χ3n) is 2.82. The van der Waals surface area contributed by atoms with E-state index < -0.39 is 22.7 Å². The van der Waals surface area contributed by atoms with E-state index in [0.29, 0.717) is 0 Å². The Bertz CT molecular complexity index is 815. The number of benzene rings is 1. The van der Waals surface area contributed by atoms with Crippen LogP contribution in [0.15, 0.2) is 29.7 Å². The highest BCUT2D eigenvalue weighted by molar-refractivity contribution is 7.14. The Morgan fingerprint density at radius 3 is 2.62 bits per heavy atom. The molecule has 0 spiro atoms. The summed E-state index contributed by atoms with van der Waals surface area (Å²) in [7, 11) is 0. The molecule has 0 fully saturated rings. The van der Waals surface area contributed by atoms with Crippen LogP contribution in [-0.4, -0.2) is 16.7 Å². The quantitative estimate of drug-likeness (QED) is 0.625. The molecule has 2 aromatic rings. The van der Waals surface area contributed by atoms with Crippen molar-refractivity contribution in [3.8, 4) is 0 Å². The number of nitrogens with zero attached hydrogens (tertiary/aromatic N) is 1. The summed E-state index contributed by atoms with van der Waals surface area (Å²) in [5.74, 6) is -0.814. The van der Waals surface area contributed by atoms with Crippen molar-refractivity contribution in [2.24, 2.45) is 0 Å². The summed E-state index contributed by atoms with van der Waals surface area (Å²) in [5.41, 5.74) is -0.574. The molecule has 0 saturated carbocycles. The predicted molar refractivity (Wildman–Crippen MR) is 86.2 cm³/mol. The van der Waals surface area contributed by atoms with Gasteiger partial charge in [-0.1, -0.05) is 17.7 Å². The van der Waals surface area contributed by atoms with Crippen LogP contribution in [0.4, 0.5) is 18.3 Å². The average molecular weight is 375 g/mol. The molecule has 0 atom stereocenters. The zero-order valence-electron chi connectivity index (χ0n) is 12.1. The minimum atomic E-state index is -4.58. The van der Waals surface area contributed by atoms with Crippen molar-refractivity contribution in [1.29, 1.82) is 0 Å². The number of hydrogen-bond acceptors (Lipinski definition) is 4. The Morgan fingerprint density at radius 1 is 1.33 bits per heavy atom. The molecule has 0 aliphatic carbocycles. The third kappa shape index (κ3) is 4.65. The second-order valence-corrected chi connectivity index (χ2v) is 5.92. The van der Waals surface area contributed by atoms with Crippen molar-refractivity contribution in [3.63, 3.8) is 0 Å². The number of Topliss-reactive ketones (excluding diaryl/α,β-unsaturated/α-hetero) is 1. The number of rotatable bonds is 4. The third-order valence-corrected chi connectivity index (χ3v) is 3.91. The molecule has 9 heteroatoms. The van der Waals surface area contributed by atoms with E-state index in [9.17, 15) is 22.8 Å². The van der Waals surface area contributed by atoms with Crippen molar-refractivity contribution >= 4 is 45.8 Å². The van der Waals surface area contributed by atoms with Crippen LogP contribution in [-0.2, 0) is 11.0 Å². The lowest BCUT2D eigenvalue weighted by atomic mass is 10.1. The van der Waals surface area contributed by atoms with Gasteiger partial charge in [-0.2, -0.15) is 13.2 Å². The first kappa shape index (κ1) is 18.2. The Hall–Kier alpha value is -2.19. The second-order valence-electron chi connectivity index (χ2n) is 4.65. The van der Waals surface area contributed by atoms with Crippen molar-refractivity contribution in [2.45, 2.75) is 13.1 Å². The van der Waals surface area contributed by atoms with E-state index in [0.717, 1.165) is 29.5 Å². The van der Waals surface area contributed by atoms with Crippen LogP contribution in [0.25, 0.3) is 6.08 Å². The van der Waals surface area contributed by atoms with Crippen molar-refractivity contribution in [2.75, 3.05) is 5.32 Å². The van der Waals surface area contributed by atoms with Gasteiger partial charge >= 0.3 is 6.18 Å². The molecule has 1 N–H and O–H groups in total. The smallest absolute Gasteiger partial charge is 0.298 e. The Kier molecular flexibility index (Phi) is 5.40. The van der Waals surface area contributed by atoms with E-state index in [-0.39, 0.29) is 22.2 Å². The number of nitrogens with one attached hydrogen (secondary N) is 1. The molecule has 0 aliphatic rings. The monoisotopic (exact) mass is 374 g/mol. The van der Waals surface area contributed by atoms with E-state index in [2.05, 4.69) is 10.3 Å². The SMILES string of the molecule is CC(=O)c1csc(NC(=O)C=Cc2ccc(Cl)c(C(F)(F)F)c2)n1. The number of amides is 1. The van der Waals surface area contributed by atoms with Gasteiger partial charge in [-0.15, -0.1) is 11.3 Å². The topological polar surface area (TPSA) is 59.1 Å². The lowest BCUT2D eigenvalue weighted by Gasteiger charge is -2.09. The number of ketones is 1. The van der Waals surface area contributed by atoms with Crippen LogP contribution < -0.4 is 5.32 Å². The minimum absolute atomic E-state index is 0.172. The zero-order chi connectivity index (χ0) is 17.9. The van der Waals surface area contributed by atoms with Gasteiger partial charge in [-0.3, -0.25) is 14.9 Å². The highest BCUT2D eigenvalue weighted by atomic mass is 35.5. The van der Waals surface area contributed by atoms with Crippen LogP contribution in [0.2, 0.25) is 5.02 Å². The van der Waals surface area contributed by atoms with Crippen molar-refractivity contribution < 1.29 is 22.8 Å². The molecule has 0 bridgehead atoms. The molecular weight excluding hydrogens is 365 g/mol. The summed E-state index contributed by atoms with van der Waals surface area (Å²) in [6.45, 7) is 1.35. The molecule has 0 unspecified atom stereocenters. The molecule has 0 aliphatic heterocycles. The van der Waals surface area contributed by atoms with Gasteiger partial charge in [0.1, 0.15) is 5.69 Å². The fourth-order valence-electron chi connectivity index (χ4n) is 1.68. The standard InChI is InChI=1S/C15H10ClF3N2O2S/c1-8(22)12-7-24-14(20-12)21-13(23)5-3-9-2-4-11(16)10(6-9)15(17,18)19/h2-7H,1H3,(H,20,21,23). The molecule has 0 saturated heterocycles. The molecule has 4 nitrogen and oxygen atoms in total. The molecule has 1 heterocycles. The zero-order valence-corrected chi connectivity index (χ0v) is 13.7. The van der Waals surface area contributed by atoms with Gasteiger partial charge in [0, 0.05) is 18.4 Å². The van der Waals surface area contributed by atoms with E-state index in [1.165, 1.54) is 24.4 Å². The Morgan fingerprint density at radius 2 is 2.04 bits per heavy atom. The molecule has 126 valence electrons. The first-order chi connectivity index (χ1) is 11.2. The molecule has 1 aromatic heterocycles. The summed E-state index contributed by atoms with van der Waals surface area (Å²) >= 11 is 6.59. The van der Waals surface area contributed by atoms with Gasteiger partial charge in [0.25, 0.3) is 0 Å². The largest absolute Gasteiger partial charge is 0.417 e. The highest BCUT2D eigenvalue weighted by Gasteiger charge is 2.33. The number of halogens is 4. The number of thiazole rings is 1. The maximum Gasteiger partial charge on any atom is 0.417 e. The first-order valence-electron chi connectivity index (χ1n) is 6.49. The fraction of sp³-hybridized carbons (Fsp3) is 0.133. The Labute approximate surface area is 144 Å². The summed E-state index contributed by atoms with van der Waals surface area (Å²) < 4.78 is 38.3.